The third-order valence-corrected chi connectivity index (χ3v) is 4.49. The number of carbonyl (C=O) groups is 1. The van der Waals surface area contributed by atoms with Gasteiger partial charge < -0.3 is 10.4 Å². The highest BCUT2D eigenvalue weighted by atomic mass is 35.5. The van der Waals surface area contributed by atoms with Gasteiger partial charge in [0.1, 0.15) is 0 Å². The lowest BCUT2D eigenvalue weighted by molar-refractivity contribution is -0.121. The molecule has 1 amide bonds. The summed E-state index contributed by atoms with van der Waals surface area (Å²) in [4.78, 5) is 12.8. The van der Waals surface area contributed by atoms with Crippen LogP contribution in [0.25, 0.3) is 0 Å². The molecule has 0 fully saturated rings. The number of halogens is 1. The maximum Gasteiger partial charge on any atom is 0.220 e. The van der Waals surface area contributed by atoms with Gasteiger partial charge in [0.25, 0.3) is 0 Å². The molecule has 1 rings (SSSR count). The van der Waals surface area contributed by atoms with Crippen molar-refractivity contribution in [3.8, 4) is 0 Å². The Labute approximate surface area is 130 Å². The number of thioether (sulfide) groups is 1. The van der Waals surface area contributed by atoms with Crippen LogP contribution in [0.2, 0.25) is 5.02 Å². The molecule has 0 saturated carbocycles. The number of aliphatic hydroxyl groups excluding tert-OH is 1. The Morgan fingerprint density at radius 2 is 2.10 bits per heavy atom. The van der Waals surface area contributed by atoms with Gasteiger partial charge in [-0.1, -0.05) is 37.6 Å². The van der Waals surface area contributed by atoms with Crippen molar-refractivity contribution in [3.63, 3.8) is 0 Å². The maximum atomic E-state index is 11.7. The zero-order valence-electron chi connectivity index (χ0n) is 12.0. The number of hydrogen-bond acceptors (Lipinski definition) is 3. The molecule has 112 valence electrons. The van der Waals surface area contributed by atoms with Crippen molar-refractivity contribution in [2.45, 2.75) is 31.6 Å². The van der Waals surface area contributed by atoms with Crippen LogP contribution in [-0.4, -0.2) is 29.9 Å². The summed E-state index contributed by atoms with van der Waals surface area (Å²) >= 11 is 7.64. The van der Waals surface area contributed by atoms with Crippen LogP contribution < -0.4 is 5.32 Å². The van der Waals surface area contributed by atoms with Crippen molar-refractivity contribution in [1.82, 2.24) is 5.32 Å². The SMILES string of the molecule is CC(C)(CCO)CNC(=O)CCSc1ccccc1Cl. The van der Waals surface area contributed by atoms with Gasteiger partial charge in [0.15, 0.2) is 0 Å². The smallest absolute Gasteiger partial charge is 0.220 e. The summed E-state index contributed by atoms with van der Waals surface area (Å²) in [6.07, 6.45) is 1.15. The van der Waals surface area contributed by atoms with E-state index in [9.17, 15) is 4.79 Å². The van der Waals surface area contributed by atoms with Gasteiger partial charge in [0, 0.05) is 30.2 Å². The summed E-state index contributed by atoms with van der Waals surface area (Å²) < 4.78 is 0. The number of benzene rings is 1. The Morgan fingerprint density at radius 1 is 1.40 bits per heavy atom. The predicted octanol–water partition coefficient (Wildman–Crippen LogP) is 3.35. The van der Waals surface area contributed by atoms with Gasteiger partial charge >= 0.3 is 0 Å². The van der Waals surface area contributed by atoms with Crippen LogP contribution in [0.15, 0.2) is 29.2 Å². The Bertz CT molecular complexity index is 438. The average molecular weight is 316 g/mol. The van der Waals surface area contributed by atoms with Crippen molar-refractivity contribution in [3.05, 3.63) is 29.3 Å². The first-order valence-corrected chi connectivity index (χ1v) is 8.06. The molecule has 0 aliphatic carbocycles. The van der Waals surface area contributed by atoms with E-state index < -0.39 is 0 Å². The Kier molecular flexibility index (Phi) is 7.41. The van der Waals surface area contributed by atoms with Crippen molar-refractivity contribution in [1.29, 1.82) is 0 Å². The molecule has 0 aliphatic rings. The van der Waals surface area contributed by atoms with E-state index in [0.717, 1.165) is 9.92 Å². The molecular formula is C15H22ClNO2S. The van der Waals surface area contributed by atoms with E-state index >= 15 is 0 Å². The van der Waals surface area contributed by atoms with Gasteiger partial charge in [-0.15, -0.1) is 11.8 Å². The second-order valence-corrected chi connectivity index (χ2v) is 6.99. The first-order chi connectivity index (χ1) is 9.44. The largest absolute Gasteiger partial charge is 0.396 e. The molecule has 0 saturated heterocycles. The first-order valence-electron chi connectivity index (χ1n) is 6.69. The van der Waals surface area contributed by atoms with Crippen LogP contribution in [0.1, 0.15) is 26.7 Å². The molecule has 0 bridgehead atoms. The molecule has 0 unspecified atom stereocenters. The van der Waals surface area contributed by atoms with Crippen molar-refractivity contribution in [2.75, 3.05) is 18.9 Å². The summed E-state index contributed by atoms with van der Waals surface area (Å²) in [6.45, 7) is 4.79. The fourth-order valence-electron chi connectivity index (χ4n) is 1.63. The molecule has 3 nitrogen and oxygen atoms in total. The minimum Gasteiger partial charge on any atom is -0.396 e. The Hall–Kier alpha value is -0.710. The molecule has 1 aromatic rings. The van der Waals surface area contributed by atoms with Gasteiger partial charge in [0.05, 0.1) is 5.02 Å². The van der Waals surface area contributed by atoms with Crippen LogP contribution in [0.5, 0.6) is 0 Å². The summed E-state index contributed by atoms with van der Waals surface area (Å²) in [5, 5.41) is 12.6. The fourth-order valence-corrected chi connectivity index (χ4v) is 2.82. The molecule has 1 aromatic carbocycles. The normalized spacial score (nSPS) is 11.4. The summed E-state index contributed by atoms with van der Waals surface area (Å²) in [7, 11) is 0. The van der Waals surface area contributed by atoms with Crippen molar-refractivity contribution < 1.29 is 9.90 Å². The van der Waals surface area contributed by atoms with Gasteiger partial charge in [-0.05, 0) is 24.0 Å². The zero-order chi connectivity index (χ0) is 15.0. The number of hydrogen-bond donors (Lipinski definition) is 2. The molecule has 2 N–H and O–H groups in total. The topological polar surface area (TPSA) is 49.3 Å². The lowest BCUT2D eigenvalue weighted by Gasteiger charge is -2.23. The quantitative estimate of drug-likeness (QED) is 0.723. The number of amides is 1. The second kappa shape index (κ2) is 8.55. The molecular weight excluding hydrogens is 294 g/mol. The molecule has 0 radical (unpaired) electrons. The van der Waals surface area contributed by atoms with E-state index in [1.807, 2.05) is 38.1 Å². The molecule has 20 heavy (non-hydrogen) atoms. The molecule has 0 atom stereocenters. The Morgan fingerprint density at radius 3 is 2.75 bits per heavy atom. The summed E-state index contributed by atoms with van der Waals surface area (Å²) in [6, 6.07) is 7.63. The number of aliphatic hydroxyl groups is 1. The van der Waals surface area contributed by atoms with E-state index in [4.69, 9.17) is 16.7 Å². The van der Waals surface area contributed by atoms with Gasteiger partial charge in [-0.2, -0.15) is 0 Å². The highest BCUT2D eigenvalue weighted by molar-refractivity contribution is 7.99. The first kappa shape index (κ1) is 17.3. The van der Waals surface area contributed by atoms with E-state index in [-0.39, 0.29) is 17.9 Å². The van der Waals surface area contributed by atoms with Crippen LogP contribution in [0.3, 0.4) is 0 Å². The van der Waals surface area contributed by atoms with E-state index in [0.29, 0.717) is 25.1 Å². The summed E-state index contributed by atoms with van der Waals surface area (Å²) in [5.74, 6) is 0.742. The van der Waals surface area contributed by atoms with Crippen LogP contribution in [-0.2, 0) is 4.79 Å². The lowest BCUT2D eigenvalue weighted by atomic mass is 9.90. The third-order valence-electron chi connectivity index (χ3n) is 2.98. The fraction of sp³-hybridized carbons (Fsp3) is 0.533. The van der Waals surface area contributed by atoms with Crippen molar-refractivity contribution >= 4 is 29.3 Å². The van der Waals surface area contributed by atoms with Gasteiger partial charge in [-0.25, -0.2) is 0 Å². The number of nitrogens with one attached hydrogen (secondary N) is 1. The molecule has 5 heteroatoms. The highest BCUT2D eigenvalue weighted by Crippen LogP contribution is 2.26. The minimum absolute atomic E-state index is 0.0376. The molecule has 0 aromatic heterocycles. The number of rotatable bonds is 8. The second-order valence-electron chi connectivity index (χ2n) is 5.44. The van der Waals surface area contributed by atoms with E-state index in [2.05, 4.69) is 5.32 Å². The highest BCUT2D eigenvalue weighted by Gasteiger charge is 2.17. The Balaban J connectivity index is 2.26. The summed E-state index contributed by atoms with van der Waals surface area (Å²) in [5.41, 5.74) is -0.0692. The zero-order valence-corrected chi connectivity index (χ0v) is 13.6. The molecule has 0 heterocycles. The monoisotopic (exact) mass is 315 g/mol. The predicted molar refractivity (Wildman–Crippen MR) is 85.3 cm³/mol. The van der Waals surface area contributed by atoms with Crippen LogP contribution in [0, 0.1) is 5.41 Å². The standard InChI is InChI=1S/C15H22ClNO2S/c1-15(2,8-9-18)11-17-14(19)7-10-20-13-6-4-3-5-12(13)16/h3-6,18H,7-11H2,1-2H3,(H,17,19). The maximum absolute atomic E-state index is 11.7. The number of carbonyl (C=O) groups excluding carboxylic acids is 1. The van der Waals surface area contributed by atoms with Gasteiger partial charge in [-0.3, -0.25) is 4.79 Å². The van der Waals surface area contributed by atoms with Crippen LogP contribution in [0.4, 0.5) is 0 Å². The van der Waals surface area contributed by atoms with Crippen LogP contribution >= 0.6 is 23.4 Å². The average Bonchev–Trinajstić information content (AvgIpc) is 2.39. The lowest BCUT2D eigenvalue weighted by Crippen LogP contribution is -2.34. The minimum atomic E-state index is -0.0692. The van der Waals surface area contributed by atoms with E-state index in [1.165, 1.54) is 0 Å². The molecule has 0 spiro atoms. The van der Waals surface area contributed by atoms with Gasteiger partial charge in [0.2, 0.25) is 5.91 Å². The van der Waals surface area contributed by atoms with E-state index in [1.54, 1.807) is 11.8 Å². The molecule has 0 aliphatic heterocycles. The van der Waals surface area contributed by atoms with Crippen molar-refractivity contribution in [2.24, 2.45) is 5.41 Å². The third kappa shape index (κ3) is 6.64.